The van der Waals surface area contributed by atoms with E-state index in [2.05, 4.69) is 14.9 Å². The number of aliphatic imine (C=N–C) groups is 1. The van der Waals surface area contributed by atoms with Crippen LogP contribution in [0.15, 0.2) is 15.5 Å². The van der Waals surface area contributed by atoms with E-state index in [-0.39, 0.29) is 0 Å². The maximum absolute atomic E-state index is 8.65. The lowest BCUT2D eigenvalue weighted by Gasteiger charge is -2.28. The molecule has 0 radical (unpaired) electrons. The summed E-state index contributed by atoms with van der Waals surface area (Å²) >= 11 is 1.59. The van der Waals surface area contributed by atoms with Gasteiger partial charge >= 0.3 is 0 Å². The number of halogens is 1. The van der Waals surface area contributed by atoms with Gasteiger partial charge in [-0.1, -0.05) is 0 Å². The molecule has 0 aromatic carbocycles. The Balaban J connectivity index is 2.05. The first-order valence-corrected chi connectivity index (χ1v) is 7.73. The molecule has 0 atom stereocenters. The molecule has 90 valence electrons. The Bertz CT molecular complexity index is 451. The van der Waals surface area contributed by atoms with Gasteiger partial charge in [0.25, 0.3) is 0 Å². The van der Waals surface area contributed by atoms with E-state index in [0.29, 0.717) is 0 Å². The monoisotopic (exact) mass is 286 g/mol. The number of likely N-dealkylation sites (tertiary alicyclic amines) is 1. The lowest BCUT2D eigenvalue weighted by Crippen LogP contribution is -2.34. The second-order valence-electron chi connectivity index (χ2n) is 3.68. The molecule has 1 aliphatic heterocycles. The fourth-order valence-electron chi connectivity index (χ4n) is 1.81. The molecule has 0 amide bonds. The van der Waals surface area contributed by atoms with E-state index in [4.69, 9.17) is 15.9 Å². The SMILES string of the molecule is N#CN=C1CCCCN1Cc1cnc(SCl)s1. The molecule has 0 bridgehead atoms. The summed E-state index contributed by atoms with van der Waals surface area (Å²) in [5.41, 5.74) is 0. The Kier molecular flexibility index (Phi) is 4.66. The largest absolute Gasteiger partial charge is 0.354 e. The van der Waals surface area contributed by atoms with Gasteiger partial charge in [0.2, 0.25) is 6.19 Å². The summed E-state index contributed by atoms with van der Waals surface area (Å²) in [5.74, 6) is 0.896. The van der Waals surface area contributed by atoms with Crippen LogP contribution in [-0.2, 0) is 6.54 Å². The van der Waals surface area contributed by atoms with Gasteiger partial charge in [-0.25, -0.2) is 4.98 Å². The van der Waals surface area contributed by atoms with Crippen LogP contribution < -0.4 is 0 Å². The van der Waals surface area contributed by atoms with Gasteiger partial charge in [0.1, 0.15) is 5.84 Å². The van der Waals surface area contributed by atoms with Gasteiger partial charge < -0.3 is 4.90 Å². The van der Waals surface area contributed by atoms with Gasteiger partial charge in [-0.2, -0.15) is 10.3 Å². The number of thiazole rings is 1. The molecule has 17 heavy (non-hydrogen) atoms. The molecule has 0 N–H and O–H groups in total. The van der Waals surface area contributed by atoms with Gasteiger partial charge in [-0.3, -0.25) is 0 Å². The number of hydrogen-bond acceptors (Lipinski definition) is 5. The molecule has 1 aromatic rings. The van der Waals surface area contributed by atoms with Crippen LogP contribution in [0.3, 0.4) is 0 Å². The molecule has 0 saturated carbocycles. The summed E-state index contributed by atoms with van der Waals surface area (Å²) in [4.78, 5) is 11.4. The summed E-state index contributed by atoms with van der Waals surface area (Å²) in [7, 11) is 6.79. The van der Waals surface area contributed by atoms with E-state index in [1.165, 1.54) is 0 Å². The lowest BCUT2D eigenvalue weighted by atomic mass is 10.1. The van der Waals surface area contributed by atoms with E-state index >= 15 is 0 Å². The van der Waals surface area contributed by atoms with Gasteiger partial charge in [0, 0.05) is 35.0 Å². The maximum Gasteiger partial charge on any atom is 0.207 e. The van der Waals surface area contributed by atoms with Crippen LogP contribution in [0, 0.1) is 11.5 Å². The molecule has 2 rings (SSSR count). The molecular formula is C10H11ClN4S2. The number of rotatable bonds is 3. The fourth-order valence-corrected chi connectivity index (χ4v) is 3.41. The number of nitrogens with zero attached hydrogens (tertiary/aromatic N) is 4. The van der Waals surface area contributed by atoms with Crippen molar-refractivity contribution in [3.05, 3.63) is 11.1 Å². The van der Waals surface area contributed by atoms with Crippen molar-refractivity contribution in [1.82, 2.24) is 9.88 Å². The first-order valence-electron chi connectivity index (χ1n) is 5.27. The highest BCUT2D eigenvalue weighted by molar-refractivity contribution is 8.22. The van der Waals surface area contributed by atoms with Gasteiger partial charge in [0.15, 0.2) is 4.34 Å². The molecule has 7 heteroatoms. The third-order valence-electron chi connectivity index (χ3n) is 2.57. The lowest BCUT2D eigenvalue weighted by molar-refractivity contribution is 0.366. The quantitative estimate of drug-likeness (QED) is 0.801. The van der Waals surface area contributed by atoms with E-state index in [9.17, 15) is 0 Å². The Hall–Kier alpha value is -0.770. The van der Waals surface area contributed by atoms with Crippen molar-refractivity contribution in [3.8, 4) is 6.19 Å². The molecule has 2 heterocycles. The molecular weight excluding hydrogens is 276 g/mol. The fraction of sp³-hybridized carbons (Fsp3) is 0.500. The van der Waals surface area contributed by atoms with E-state index < -0.39 is 0 Å². The van der Waals surface area contributed by atoms with Crippen LogP contribution >= 0.6 is 33.0 Å². The summed E-state index contributed by atoms with van der Waals surface area (Å²) in [5, 5.41) is 8.65. The van der Waals surface area contributed by atoms with Crippen LogP contribution in [-0.4, -0.2) is 22.3 Å². The highest BCUT2D eigenvalue weighted by Gasteiger charge is 2.17. The van der Waals surface area contributed by atoms with Gasteiger partial charge in [0.05, 0.1) is 6.54 Å². The maximum atomic E-state index is 8.65. The Morgan fingerprint density at radius 1 is 1.65 bits per heavy atom. The van der Waals surface area contributed by atoms with Crippen LogP contribution in [0.2, 0.25) is 0 Å². The normalized spacial score (nSPS) is 18.4. The minimum Gasteiger partial charge on any atom is -0.354 e. The van der Waals surface area contributed by atoms with Gasteiger partial charge in [-0.05, 0) is 23.5 Å². The third kappa shape index (κ3) is 3.35. The number of hydrogen-bond donors (Lipinski definition) is 0. The van der Waals surface area contributed by atoms with Crippen LogP contribution in [0.5, 0.6) is 0 Å². The van der Waals surface area contributed by atoms with Gasteiger partial charge in [-0.15, -0.1) is 11.3 Å². The highest BCUT2D eigenvalue weighted by atomic mass is 35.7. The standard InChI is InChI=1S/C10H11ClN4S2/c11-17-10-13-5-8(16-10)6-15-4-2-1-3-9(15)14-7-12/h5H,1-4,6H2. The summed E-state index contributed by atoms with van der Waals surface area (Å²) in [6, 6.07) is 0. The number of aromatic nitrogens is 1. The van der Waals surface area contributed by atoms with Crippen molar-refractivity contribution in [2.75, 3.05) is 6.54 Å². The van der Waals surface area contributed by atoms with Crippen molar-refractivity contribution >= 4 is 38.8 Å². The Labute approximate surface area is 113 Å². The minimum absolute atomic E-state index is 0.773. The van der Waals surface area contributed by atoms with Crippen molar-refractivity contribution in [2.45, 2.75) is 30.1 Å². The second kappa shape index (κ2) is 6.24. The first kappa shape index (κ1) is 12.7. The smallest absolute Gasteiger partial charge is 0.207 e. The Morgan fingerprint density at radius 2 is 2.53 bits per heavy atom. The van der Waals surface area contributed by atoms with E-state index in [1.54, 1.807) is 11.3 Å². The first-order chi connectivity index (χ1) is 8.33. The summed E-state index contributed by atoms with van der Waals surface area (Å²) < 4.78 is 0.859. The average molecular weight is 287 g/mol. The predicted octanol–water partition coefficient (Wildman–Crippen LogP) is 3.25. The zero-order valence-electron chi connectivity index (χ0n) is 9.10. The molecule has 1 aromatic heterocycles. The van der Waals surface area contributed by atoms with Crippen molar-refractivity contribution < 1.29 is 0 Å². The minimum atomic E-state index is 0.773. The zero-order chi connectivity index (χ0) is 12.1. The number of nitriles is 1. The summed E-state index contributed by atoms with van der Waals surface area (Å²) in [6.07, 6.45) is 6.88. The highest BCUT2D eigenvalue weighted by Crippen LogP contribution is 2.28. The molecule has 0 unspecified atom stereocenters. The average Bonchev–Trinajstić information content (AvgIpc) is 2.80. The zero-order valence-corrected chi connectivity index (χ0v) is 11.5. The molecule has 1 aliphatic rings. The molecule has 0 spiro atoms. The number of amidine groups is 1. The van der Waals surface area contributed by atoms with Crippen molar-refractivity contribution in [2.24, 2.45) is 4.99 Å². The second-order valence-corrected chi connectivity index (χ2v) is 6.05. The predicted molar refractivity (Wildman–Crippen MR) is 71.1 cm³/mol. The van der Waals surface area contributed by atoms with E-state index in [1.807, 2.05) is 12.4 Å². The topological polar surface area (TPSA) is 52.3 Å². The van der Waals surface area contributed by atoms with Crippen molar-refractivity contribution in [1.29, 1.82) is 5.26 Å². The molecule has 0 aliphatic carbocycles. The number of piperidine rings is 1. The van der Waals surface area contributed by atoms with Crippen molar-refractivity contribution in [3.63, 3.8) is 0 Å². The molecule has 1 fully saturated rings. The molecule has 4 nitrogen and oxygen atoms in total. The molecule has 1 saturated heterocycles. The van der Waals surface area contributed by atoms with Crippen LogP contribution in [0.4, 0.5) is 0 Å². The Morgan fingerprint density at radius 3 is 3.24 bits per heavy atom. The van der Waals surface area contributed by atoms with Crippen LogP contribution in [0.25, 0.3) is 0 Å². The van der Waals surface area contributed by atoms with E-state index in [0.717, 1.165) is 58.4 Å². The van der Waals surface area contributed by atoms with Crippen LogP contribution in [0.1, 0.15) is 24.1 Å². The summed E-state index contributed by atoms with van der Waals surface area (Å²) in [6.45, 7) is 1.73. The third-order valence-corrected chi connectivity index (χ3v) is 4.79.